The highest BCUT2D eigenvalue weighted by molar-refractivity contribution is 6.46. The van der Waals surface area contributed by atoms with Crippen LogP contribution in [0.3, 0.4) is 0 Å². The fraction of sp³-hybridized carbons (Fsp3) is 0.267. The number of ketones is 1. The largest absolute Gasteiger partial charge is 0.507 e. The summed E-state index contributed by atoms with van der Waals surface area (Å²) in [5.74, 6) is 0.160. The van der Waals surface area contributed by atoms with Gasteiger partial charge in [-0.25, -0.2) is 0 Å². The fourth-order valence-corrected chi connectivity index (χ4v) is 5.15. The van der Waals surface area contributed by atoms with Crippen molar-refractivity contribution in [3.05, 3.63) is 88.5 Å². The third-order valence-electron chi connectivity index (χ3n) is 6.91. The molecule has 3 aromatic carbocycles. The van der Waals surface area contributed by atoms with Gasteiger partial charge in [-0.05, 0) is 53.9 Å². The van der Waals surface area contributed by atoms with Gasteiger partial charge >= 0.3 is 0 Å². The lowest BCUT2D eigenvalue weighted by molar-refractivity contribution is -0.140. The lowest BCUT2D eigenvalue weighted by Crippen LogP contribution is -2.29. The standard InChI is InChI=1S/C30H29NO7/c1-17-12-20-13-19(10-11-22(20)38-17)27(32)25-26(21-14-23(35-2)29(37-4)24(15-21)36-3)31(30(34)28(25)33)16-18-8-6-5-7-9-18/h5-11,13-15,17,26,32H,12,16H2,1-4H3/b27-25+/t17-,26+/m0/s1. The van der Waals surface area contributed by atoms with Crippen LogP contribution in [0.5, 0.6) is 23.0 Å². The molecule has 1 N–H and O–H groups in total. The van der Waals surface area contributed by atoms with Crippen LogP contribution in [0.1, 0.15) is 35.2 Å². The van der Waals surface area contributed by atoms with Crippen molar-refractivity contribution in [3.8, 4) is 23.0 Å². The molecule has 0 unspecified atom stereocenters. The number of carbonyl (C=O) groups excluding carboxylic acids is 2. The molecule has 0 radical (unpaired) electrons. The Morgan fingerprint density at radius 1 is 0.974 bits per heavy atom. The quantitative estimate of drug-likeness (QED) is 0.278. The van der Waals surface area contributed by atoms with Crippen LogP contribution in [-0.2, 0) is 22.6 Å². The Morgan fingerprint density at radius 2 is 1.66 bits per heavy atom. The van der Waals surface area contributed by atoms with E-state index in [0.717, 1.165) is 16.9 Å². The molecule has 8 heteroatoms. The lowest BCUT2D eigenvalue weighted by Gasteiger charge is -2.26. The minimum absolute atomic E-state index is 0.00730. The molecule has 2 aliphatic rings. The number of methoxy groups -OCH3 is 3. The van der Waals surface area contributed by atoms with Gasteiger partial charge < -0.3 is 29.0 Å². The Morgan fingerprint density at radius 3 is 2.29 bits per heavy atom. The Labute approximate surface area is 221 Å². The second-order valence-electron chi connectivity index (χ2n) is 9.33. The van der Waals surface area contributed by atoms with Gasteiger partial charge in [-0.1, -0.05) is 30.3 Å². The average Bonchev–Trinajstić information content (AvgIpc) is 3.43. The number of hydrogen-bond acceptors (Lipinski definition) is 7. The minimum Gasteiger partial charge on any atom is -0.507 e. The first-order valence-corrected chi connectivity index (χ1v) is 12.3. The van der Waals surface area contributed by atoms with E-state index in [1.165, 1.54) is 26.2 Å². The van der Waals surface area contributed by atoms with Crippen molar-refractivity contribution in [2.45, 2.75) is 32.0 Å². The van der Waals surface area contributed by atoms with Gasteiger partial charge in [0.25, 0.3) is 11.7 Å². The van der Waals surface area contributed by atoms with Gasteiger partial charge in [0.15, 0.2) is 11.5 Å². The number of aliphatic hydroxyl groups is 1. The molecule has 0 bridgehead atoms. The predicted octanol–water partition coefficient (Wildman–Crippen LogP) is 4.66. The summed E-state index contributed by atoms with van der Waals surface area (Å²) in [4.78, 5) is 28.4. The molecule has 1 saturated heterocycles. The van der Waals surface area contributed by atoms with Crippen molar-refractivity contribution in [1.82, 2.24) is 4.90 Å². The third-order valence-corrected chi connectivity index (χ3v) is 6.91. The number of benzene rings is 3. The maximum Gasteiger partial charge on any atom is 0.295 e. The van der Waals surface area contributed by atoms with E-state index in [1.54, 1.807) is 24.3 Å². The van der Waals surface area contributed by atoms with Crippen LogP contribution >= 0.6 is 0 Å². The molecule has 1 amide bonds. The number of hydrogen-bond donors (Lipinski definition) is 1. The highest BCUT2D eigenvalue weighted by Crippen LogP contribution is 2.46. The number of amides is 1. The van der Waals surface area contributed by atoms with Crippen molar-refractivity contribution in [2.24, 2.45) is 0 Å². The molecule has 5 rings (SSSR count). The van der Waals surface area contributed by atoms with Crippen LogP contribution in [0.15, 0.2) is 66.2 Å². The highest BCUT2D eigenvalue weighted by Gasteiger charge is 2.46. The second kappa shape index (κ2) is 10.1. The summed E-state index contributed by atoms with van der Waals surface area (Å²) in [5, 5.41) is 11.5. The maximum atomic E-state index is 13.5. The Bertz CT molecular complexity index is 1400. The van der Waals surface area contributed by atoms with E-state index < -0.39 is 17.7 Å². The molecule has 8 nitrogen and oxygen atoms in total. The first-order chi connectivity index (χ1) is 18.4. The van der Waals surface area contributed by atoms with Crippen molar-refractivity contribution >= 4 is 17.4 Å². The molecule has 38 heavy (non-hydrogen) atoms. The molecular weight excluding hydrogens is 486 g/mol. The summed E-state index contributed by atoms with van der Waals surface area (Å²) in [7, 11) is 4.49. The van der Waals surface area contributed by atoms with Gasteiger partial charge in [0.05, 0.1) is 32.9 Å². The number of fused-ring (bicyclic) bond motifs is 1. The van der Waals surface area contributed by atoms with Crippen LogP contribution in [0.4, 0.5) is 0 Å². The SMILES string of the molecule is COc1cc([C@@H]2/C(=C(\O)c3ccc4c(c3)C[C@H](C)O4)C(=O)C(=O)N2Cc2ccccc2)cc(OC)c1OC. The van der Waals surface area contributed by atoms with Gasteiger partial charge in [-0.15, -0.1) is 0 Å². The topological polar surface area (TPSA) is 94.5 Å². The van der Waals surface area contributed by atoms with Crippen molar-refractivity contribution in [3.63, 3.8) is 0 Å². The molecule has 0 saturated carbocycles. The van der Waals surface area contributed by atoms with Crippen LogP contribution in [-0.4, -0.2) is 49.1 Å². The van der Waals surface area contributed by atoms with Gasteiger partial charge in [0.2, 0.25) is 5.75 Å². The number of ether oxygens (including phenoxy) is 4. The summed E-state index contributed by atoms with van der Waals surface area (Å²) in [6.45, 7) is 2.14. The van der Waals surface area contributed by atoms with Crippen LogP contribution < -0.4 is 18.9 Å². The molecule has 2 atom stereocenters. The molecule has 1 fully saturated rings. The van der Waals surface area contributed by atoms with Gasteiger partial charge in [0, 0.05) is 18.5 Å². The van der Waals surface area contributed by atoms with E-state index in [2.05, 4.69) is 0 Å². The van der Waals surface area contributed by atoms with E-state index in [0.29, 0.717) is 34.8 Å². The van der Waals surface area contributed by atoms with E-state index in [1.807, 2.05) is 43.3 Å². The van der Waals surface area contributed by atoms with Gasteiger partial charge in [0.1, 0.15) is 17.6 Å². The van der Waals surface area contributed by atoms with Crippen molar-refractivity contribution < 1.29 is 33.6 Å². The molecule has 2 heterocycles. The number of likely N-dealkylation sites (tertiary alicyclic amines) is 1. The normalized spacial score (nSPS) is 19.7. The smallest absolute Gasteiger partial charge is 0.295 e. The van der Waals surface area contributed by atoms with Gasteiger partial charge in [-0.2, -0.15) is 0 Å². The molecule has 2 aliphatic heterocycles. The average molecular weight is 516 g/mol. The first kappa shape index (κ1) is 25.2. The molecule has 0 aromatic heterocycles. The van der Waals surface area contributed by atoms with E-state index >= 15 is 0 Å². The zero-order chi connectivity index (χ0) is 27.0. The number of carbonyl (C=O) groups is 2. The maximum absolute atomic E-state index is 13.5. The predicted molar refractivity (Wildman–Crippen MR) is 141 cm³/mol. The van der Waals surface area contributed by atoms with Crippen LogP contribution in [0.25, 0.3) is 5.76 Å². The van der Waals surface area contributed by atoms with Crippen LogP contribution in [0.2, 0.25) is 0 Å². The molecule has 3 aromatic rings. The number of aliphatic hydroxyl groups excluding tert-OH is 1. The van der Waals surface area contributed by atoms with Crippen molar-refractivity contribution in [1.29, 1.82) is 0 Å². The van der Waals surface area contributed by atoms with Crippen LogP contribution in [0, 0.1) is 0 Å². The first-order valence-electron chi connectivity index (χ1n) is 12.3. The Kier molecular flexibility index (Phi) is 6.72. The zero-order valence-corrected chi connectivity index (χ0v) is 21.7. The zero-order valence-electron chi connectivity index (χ0n) is 21.7. The van der Waals surface area contributed by atoms with E-state index in [9.17, 15) is 14.7 Å². The lowest BCUT2D eigenvalue weighted by atomic mass is 9.93. The molecule has 0 aliphatic carbocycles. The summed E-state index contributed by atoms with van der Waals surface area (Å²) in [6, 6.07) is 17.2. The highest BCUT2D eigenvalue weighted by atomic mass is 16.5. The monoisotopic (exact) mass is 515 g/mol. The molecule has 196 valence electrons. The van der Waals surface area contributed by atoms with E-state index in [4.69, 9.17) is 18.9 Å². The summed E-state index contributed by atoms with van der Waals surface area (Å²) in [5.41, 5.74) is 2.75. The molecule has 0 spiro atoms. The van der Waals surface area contributed by atoms with Gasteiger partial charge in [-0.3, -0.25) is 9.59 Å². The van der Waals surface area contributed by atoms with E-state index in [-0.39, 0.29) is 24.0 Å². The fourth-order valence-electron chi connectivity index (χ4n) is 5.15. The Balaban J connectivity index is 1.69. The second-order valence-corrected chi connectivity index (χ2v) is 9.33. The third kappa shape index (κ3) is 4.32. The summed E-state index contributed by atoms with van der Waals surface area (Å²) < 4.78 is 22.3. The number of rotatable bonds is 7. The number of nitrogens with zero attached hydrogens (tertiary/aromatic N) is 1. The van der Waals surface area contributed by atoms with Crippen molar-refractivity contribution in [2.75, 3.05) is 21.3 Å². The summed E-state index contributed by atoms with van der Waals surface area (Å²) >= 11 is 0. The molecular formula is C30H29NO7. The summed E-state index contributed by atoms with van der Waals surface area (Å²) in [6.07, 6.45) is 0.716. The Hall–Kier alpha value is -4.46. The minimum atomic E-state index is -0.896. The number of Topliss-reactive ketones (excluding diaryl/α,β-unsaturated/α-hetero) is 1.